The third-order valence-electron chi connectivity index (χ3n) is 4.29. The number of hydrogen-bond acceptors (Lipinski definition) is 4. The lowest BCUT2D eigenvalue weighted by molar-refractivity contribution is -0.119. The first-order valence-corrected chi connectivity index (χ1v) is 9.44. The first kappa shape index (κ1) is 17.3. The number of thioether (sulfide) groups is 1. The van der Waals surface area contributed by atoms with E-state index in [1.165, 1.54) is 12.0 Å². The molecule has 0 radical (unpaired) electrons. The van der Waals surface area contributed by atoms with Gasteiger partial charge >= 0.3 is 0 Å². The summed E-state index contributed by atoms with van der Waals surface area (Å²) in [5, 5.41) is 3.22. The first-order valence-electron chi connectivity index (χ1n) is 8.05. The molecule has 0 spiro atoms. The highest BCUT2D eigenvalue weighted by Gasteiger charge is 2.33. The van der Waals surface area contributed by atoms with Crippen molar-refractivity contribution in [1.29, 1.82) is 0 Å². The lowest BCUT2D eigenvalue weighted by Crippen LogP contribution is -2.41. The van der Waals surface area contributed by atoms with E-state index in [0.717, 1.165) is 31.7 Å². The monoisotopic (exact) mass is 321 g/mol. The number of hydrogen-bond donors (Lipinski definition) is 1. The Morgan fingerprint density at radius 2 is 2.32 bits per heavy atom. The molecule has 5 heteroatoms. The second-order valence-corrected chi connectivity index (χ2v) is 6.98. The summed E-state index contributed by atoms with van der Waals surface area (Å²) in [6, 6.07) is 4.37. The van der Waals surface area contributed by atoms with Crippen molar-refractivity contribution in [2.45, 2.75) is 39.3 Å². The molecule has 1 N–H and O–H groups in total. The van der Waals surface area contributed by atoms with Gasteiger partial charge in [-0.25, -0.2) is 0 Å². The summed E-state index contributed by atoms with van der Waals surface area (Å²) in [7, 11) is 0. The van der Waals surface area contributed by atoms with Gasteiger partial charge in [-0.1, -0.05) is 19.4 Å². The third kappa shape index (κ3) is 4.71. The normalized spacial score (nSPS) is 22.0. The van der Waals surface area contributed by atoms with Crippen LogP contribution in [0.15, 0.2) is 18.3 Å². The molecular weight excluding hydrogens is 294 g/mol. The van der Waals surface area contributed by atoms with Crippen LogP contribution in [0, 0.1) is 12.8 Å². The summed E-state index contributed by atoms with van der Waals surface area (Å²) >= 11 is 1.58. The first-order chi connectivity index (χ1) is 10.6. The van der Waals surface area contributed by atoms with Gasteiger partial charge in [-0.15, -0.1) is 0 Å². The largest absolute Gasteiger partial charge is 0.351 e. The van der Waals surface area contributed by atoms with E-state index >= 15 is 0 Å². The van der Waals surface area contributed by atoms with Crippen molar-refractivity contribution >= 4 is 17.7 Å². The number of carbonyl (C=O) groups excluding carboxylic acids is 1. The van der Waals surface area contributed by atoms with Crippen molar-refractivity contribution in [2.75, 3.05) is 25.1 Å². The van der Waals surface area contributed by atoms with Gasteiger partial charge in [0.05, 0.1) is 11.4 Å². The van der Waals surface area contributed by atoms with Gasteiger partial charge in [0.15, 0.2) is 0 Å². The second kappa shape index (κ2) is 8.53. The highest BCUT2D eigenvalue weighted by Crippen LogP contribution is 2.23. The highest BCUT2D eigenvalue weighted by atomic mass is 32.2. The van der Waals surface area contributed by atoms with E-state index in [0.29, 0.717) is 11.7 Å². The SMILES string of the molecule is CCC[C@@H]1CN(Cc2ncccc2C)C[C@H]1NC(=O)CSC. The summed E-state index contributed by atoms with van der Waals surface area (Å²) in [6.45, 7) is 7.18. The van der Waals surface area contributed by atoms with Gasteiger partial charge in [0.1, 0.15) is 0 Å². The van der Waals surface area contributed by atoms with Crippen molar-refractivity contribution in [3.63, 3.8) is 0 Å². The summed E-state index contributed by atoms with van der Waals surface area (Å²) < 4.78 is 0. The predicted molar refractivity (Wildman–Crippen MR) is 93.0 cm³/mol. The Morgan fingerprint density at radius 1 is 1.50 bits per heavy atom. The molecule has 1 saturated heterocycles. The zero-order valence-corrected chi connectivity index (χ0v) is 14.7. The number of rotatable bonds is 7. The zero-order chi connectivity index (χ0) is 15.9. The fourth-order valence-electron chi connectivity index (χ4n) is 3.19. The Kier molecular flexibility index (Phi) is 6.70. The highest BCUT2D eigenvalue weighted by molar-refractivity contribution is 7.99. The molecule has 1 aromatic heterocycles. The van der Waals surface area contributed by atoms with Crippen LogP contribution in [0.25, 0.3) is 0 Å². The molecule has 1 aliphatic heterocycles. The fraction of sp³-hybridized carbons (Fsp3) is 0.647. The fourth-order valence-corrected chi connectivity index (χ4v) is 3.54. The standard InChI is InChI=1S/C17H27N3OS/c1-4-6-14-9-20(10-15-13(2)7-5-8-18-15)11-16(14)19-17(21)12-22-3/h5,7-8,14,16H,4,6,9-12H2,1-3H3,(H,19,21)/t14-,16-/m1/s1. The van der Waals surface area contributed by atoms with Gasteiger partial charge in [0.2, 0.25) is 5.91 Å². The maximum atomic E-state index is 11.9. The number of nitrogens with one attached hydrogen (secondary N) is 1. The quantitative estimate of drug-likeness (QED) is 0.838. The minimum atomic E-state index is 0.162. The van der Waals surface area contributed by atoms with Crippen LogP contribution in [0.4, 0.5) is 0 Å². The lowest BCUT2D eigenvalue weighted by atomic mass is 9.98. The Hall–Kier alpha value is -1.07. The van der Waals surface area contributed by atoms with E-state index in [2.05, 4.69) is 35.1 Å². The van der Waals surface area contributed by atoms with Crippen LogP contribution < -0.4 is 5.32 Å². The van der Waals surface area contributed by atoms with Gasteiger partial charge in [-0.2, -0.15) is 11.8 Å². The zero-order valence-electron chi connectivity index (χ0n) is 13.8. The van der Waals surface area contributed by atoms with Crippen molar-refractivity contribution in [3.8, 4) is 0 Å². The number of aromatic nitrogens is 1. The van der Waals surface area contributed by atoms with E-state index in [9.17, 15) is 4.79 Å². The molecule has 1 fully saturated rings. The van der Waals surface area contributed by atoms with Crippen LogP contribution in [0.3, 0.4) is 0 Å². The van der Waals surface area contributed by atoms with Crippen molar-refractivity contribution in [3.05, 3.63) is 29.6 Å². The minimum Gasteiger partial charge on any atom is -0.351 e. The maximum Gasteiger partial charge on any atom is 0.230 e. The number of aryl methyl sites for hydroxylation is 1. The van der Waals surface area contributed by atoms with E-state index in [-0.39, 0.29) is 11.9 Å². The van der Waals surface area contributed by atoms with Crippen molar-refractivity contribution in [2.24, 2.45) is 5.92 Å². The number of amides is 1. The minimum absolute atomic E-state index is 0.162. The summed E-state index contributed by atoms with van der Waals surface area (Å²) in [5.41, 5.74) is 2.39. The van der Waals surface area contributed by atoms with Crippen LogP contribution in [0.2, 0.25) is 0 Å². The van der Waals surface area contributed by atoms with E-state index in [4.69, 9.17) is 0 Å². The second-order valence-electron chi connectivity index (χ2n) is 6.12. The van der Waals surface area contributed by atoms with Crippen LogP contribution in [0.5, 0.6) is 0 Å². The molecule has 1 aliphatic rings. The average molecular weight is 321 g/mol. The van der Waals surface area contributed by atoms with Gasteiger partial charge < -0.3 is 5.32 Å². The van der Waals surface area contributed by atoms with Gasteiger partial charge in [-0.05, 0) is 37.1 Å². The molecule has 2 heterocycles. The van der Waals surface area contributed by atoms with Gasteiger partial charge in [-0.3, -0.25) is 14.7 Å². The van der Waals surface area contributed by atoms with E-state index in [1.54, 1.807) is 11.8 Å². The molecule has 2 atom stereocenters. The number of nitrogens with zero attached hydrogens (tertiary/aromatic N) is 2. The molecule has 0 unspecified atom stereocenters. The number of likely N-dealkylation sites (tertiary alicyclic amines) is 1. The van der Waals surface area contributed by atoms with Crippen LogP contribution in [0.1, 0.15) is 31.0 Å². The van der Waals surface area contributed by atoms with Gasteiger partial charge in [0, 0.05) is 31.9 Å². The van der Waals surface area contributed by atoms with Crippen molar-refractivity contribution < 1.29 is 4.79 Å². The van der Waals surface area contributed by atoms with Gasteiger partial charge in [0.25, 0.3) is 0 Å². The molecule has 0 aromatic carbocycles. The molecule has 1 aromatic rings. The Labute approximate surface area is 138 Å². The Bertz CT molecular complexity index is 495. The molecule has 1 amide bonds. The third-order valence-corrected chi connectivity index (χ3v) is 4.84. The summed E-state index contributed by atoms with van der Waals surface area (Å²) in [5.74, 6) is 1.27. The van der Waals surface area contributed by atoms with Crippen LogP contribution in [-0.4, -0.2) is 46.9 Å². The lowest BCUT2D eigenvalue weighted by Gasteiger charge is -2.19. The van der Waals surface area contributed by atoms with Crippen LogP contribution in [-0.2, 0) is 11.3 Å². The Morgan fingerprint density at radius 3 is 3.00 bits per heavy atom. The predicted octanol–water partition coefficient (Wildman–Crippen LogP) is 2.47. The molecule has 4 nitrogen and oxygen atoms in total. The molecule has 2 rings (SSSR count). The van der Waals surface area contributed by atoms with Crippen molar-refractivity contribution in [1.82, 2.24) is 15.2 Å². The molecule has 0 bridgehead atoms. The van der Waals surface area contributed by atoms with E-state index in [1.807, 2.05) is 18.5 Å². The summed E-state index contributed by atoms with van der Waals surface area (Å²) in [4.78, 5) is 18.8. The van der Waals surface area contributed by atoms with Crippen LogP contribution >= 0.6 is 11.8 Å². The molecular formula is C17H27N3OS. The molecule has 22 heavy (non-hydrogen) atoms. The molecule has 0 saturated carbocycles. The summed E-state index contributed by atoms with van der Waals surface area (Å²) in [6.07, 6.45) is 6.16. The average Bonchev–Trinajstić information content (AvgIpc) is 2.84. The van der Waals surface area contributed by atoms with E-state index < -0.39 is 0 Å². The Balaban J connectivity index is 1.97. The topological polar surface area (TPSA) is 45.2 Å². The molecule has 0 aliphatic carbocycles. The smallest absolute Gasteiger partial charge is 0.230 e. The molecule has 122 valence electrons. The number of pyridine rings is 1. The maximum absolute atomic E-state index is 11.9. The number of carbonyl (C=O) groups is 1.